The van der Waals surface area contributed by atoms with Gasteiger partial charge in [0.1, 0.15) is 0 Å². The Labute approximate surface area is 141 Å². The van der Waals surface area contributed by atoms with Crippen molar-refractivity contribution in [2.24, 2.45) is 5.41 Å². The van der Waals surface area contributed by atoms with Crippen LogP contribution >= 0.6 is 0 Å². The summed E-state index contributed by atoms with van der Waals surface area (Å²) in [6.45, 7) is 17.3. The van der Waals surface area contributed by atoms with Gasteiger partial charge in [-0.2, -0.15) is 0 Å². The molecule has 5 heteroatoms. The molecule has 3 fully saturated rings. The van der Waals surface area contributed by atoms with Crippen LogP contribution in [-0.2, 0) is 4.79 Å². The summed E-state index contributed by atoms with van der Waals surface area (Å²) in [5, 5.41) is 0. The molecule has 0 aromatic rings. The van der Waals surface area contributed by atoms with Gasteiger partial charge in [-0.05, 0) is 38.6 Å². The van der Waals surface area contributed by atoms with Crippen LogP contribution in [0.15, 0.2) is 0 Å². The molecule has 3 saturated heterocycles. The number of hydrogen-bond donors (Lipinski definition) is 0. The fourth-order valence-electron chi connectivity index (χ4n) is 4.40. The van der Waals surface area contributed by atoms with Crippen LogP contribution < -0.4 is 0 Å². The molecule has 0 aromatic heterocycles. The maximum Gasteiger partial charge on any atom is 0.236 e. The Bertz CT molecular complexity index is 401. The second kappa shape index (κ2) is 7.08. The third-order valence-corrected chi connectivity index (χ3v) is 6.24. The molecular weight excluding hydrogens is 288 g/mol. The minimum absolute atomic E-state index is 0.351. The monoisotopic (exact) mass is 322 g/mol. The zero-order chi connectivity index (χ0) is 16.4. The van der Waals surface area contributed by atoms with Gasteiger partial charge >= 0.3 is 0 Å². The molecule has 1 amide bonds. The van der Waals surface area contributed by atoms with Crippen LogP contribution in [0.3, 0.4) is 0 Å². The van der Waals surface area contributed by atoms with Crippen molar-refractivity contribution < 1.29 is 4.79 Å². The standard InChI is InChI=1S/C18H34N4O/c1-4-19-14-18(15-19)5-7-22(8-6-18)17(23)13-20-9-11-21(12-10-20)16(2)3/h16H,4-15H2,1-3H3. The molecule has 1 spiro atoms. The van der Waals surface area contributed by atoms with Crippen molar-refractivity contribution in [2.45, 2.75) is 39.7 Å². The average Bonchev–Trinajstić information content (AvgIpc) is 2.53. The van der Waals surface area contributed by atoms with Crippen LogP contribution in [0, 0.1) is 5.41 Å². The molecule has 132 valence electrons. The number of nitrogens with zero attached hydrogens (tertiary/aromatic N) is 4. The number of piperidine rings is 1. The topological polar surface area (TPSA) is 30.0 Å². The third-order valence-electron chi connectivity index (χ3n) is 6.24. The number of piperazine rings is 1. The van der Waals surface area contributed by atoms with Gasteiger partial charge in [-0.25, -0.2) is 0 Å². The number of hydrogen-bond acceptors (Lipinski definition) is 4. The van der Waals surface area contributed by atoms with Crippen LogP contribution in [-0.4, -0.2) is 97.0 Å². The van der Waals surface area contributed by atoms with E-state index in [1.807, 2.05) is 0 Å². The molecule has 3 aliphatic heterocycles. The molecule has 0 aromatic carbocycles. The predicted octanol–water partition coefficient (Wildman–Crippen LogP) is 0.957. The SMILES string of the molecule is CCN1CC2(CCN(C(=O)CN3CCN(C(C)C)CC3)CC2)C1. The highest BCUT2D eigenvalue weighted by Crippen LogP contribution is 2.40. The Kier molecular flexibility index (Phi) is 5.29. The molecule has 3 rings (SSSR count). The molecule has 0 aliphatic carbocycles. The Hall–Kier alpha value is -0.650. The zero-order valence-corrected chi connectivity index (χ0v) is 15.3. The molecule has 5 nitrogen and oxygen atoms in total. The van der Waals surface area contributed by atoms with Crippen molar-refractivity contribution in [3.63, 3.8) is 0 Å². The lowest BCUT2D eigenvalue weighted by Crippen LogP contribution is -2.61. The highest BCUT2D eigenvalue weighted by atomic mass is 16.2. The Morgan fingerprint density at radius 3 is 2.09 bits per heavy atom. The van der Waals surface area contributed by atoms with E-state index in [-0.39, 0.29) is 0 Å². The van der Waals surface area contributed by atoms with E-state index in [1.54, 1.807) is 0 Å². The van der Waals surface area contributed by atoms with E-state index in [2.05, 4.69) is 40.4 Å². The molecule has 3 aliphatic rings. The summed E-state index contributed by atoms with van der Waals surface area (Å²) in [6, 6.07) is 0.622. The molecule has 0 bridgehead atoms. The molecule has 3 heterocycles. The van der Waals surface area contributed by atoms with Gasteiger partial charge in [0.25, 0.3) is 0 Å². The third kappa shape index (κ3) is 3.89. The summed E-state index contributed by atoms with van der Waals surface area (Å²) in [4.78, 5) is 22.1. The number of carbonyl (C=O) groups excluding carboxylic acids is 1. The van der Waals surface area contributed by atoms with E-state index in [0.29, 0.717) is 23.9 Å². The van der Waals surface area contributed by atoms with Crippen molar-refractivity contribution >= 4 is 5.91 Å². The van der Waals surface area contributed by atoms with Gasteiger partial charge in [0.15, 0.2) is 0 Å². The number of likely N-dealkylation sites (tertiary alicyclic amines) is 2. The van der Waals surface area contributed by atoms with Crippen LogP contribution in [0.5, 0.6) is 0 Å². The maximum atomic E-state index is 12.6. The summed E-state index contributed by atoms with van der Waals surface area (Å²) in [5.41, 5.74) is 0.537. The Morgan fingerprint density at radius 1 is 0.957 bits per heavy atom. The van der Waals surface area contributed by atoms with Gasteiger partial charge in [-0.3, -0.25) is 14.6 Å². The van der Waals surface area contributed by atoms with Crippen LogP contribution in [0.4, 0.5) is 0 Å². The molecule has 0 saturated carbocycles. The van der Waals surface area contributed by atoms with E-state index >= 15 is 0 Å². The van der Waals surface area contributed by atoms with Gasteiger partial charge in [0.2, 0.25) is 5.91 Å². The summed E-state index contributed by atoms with van der Waals surface area (Å²) < 4.78 is 0. The number of carbonyl (C=O) groups is 1. The smallest absolute Gasteiger partial charge is 0.236 e. The lowest BCUT2D eigenvalue weighted by atomic mass is 9.72. The van der Waals surface area contributed by atoms with Gasteiger partial charge in [0, 0.05) is 58.4 Å². The van der Waals surface area contributed by atoms with Gasteiger partial charge in [-0.1, -0.05) is 6.92 Å². The first-order chi connectivity index (χ1) is 11.0. The Balaban J connectivity index is 1.39. The second-order valence-corrected chi connectivity index (χ2v) is 8.09. The minimum atomic E-state index is 0.351. The highest BCUT2D eigenvalue weighted by molar-refractivity contribution is 5.78. The molecule has 23 heavy (non-hydrogen) atoms. The van der Waals surface area contributed by atoms with E-state index in [9.17, 15) is 4.79 Å². The Morgan fingerprint density at radius 2 is 1.57 bits per heavy atom. The van der Waals surface area contributed by atoms with Crippen molar-refractivity contribution in [1.82, 2.24) is 19.6 Å². The first-order valence-electron chi connectivity index (χ1n) is 9.48. The zero-order valence-electron chi connectivity index (χ0n) is 15.3. The highest BCUT2D eigenvalue weighted by Gasteiger charge is 2.44. The van der Waals surface area contributed by atoms with E-state index in [0.717, 1.165) is 39.3 Å². The second-order valence-electron chi connectivity index (χ2n) is 8.09. The van der Waals surface area contributed by atoms with Gasteiger partial charge < -0.3 is 9.80 Å². The lowest BCUT2D eigenvalue weighted by molar-refractivity contribution is -0.137. The van der Waals surface area contributed by atoms with Crippen LogP contribution in [0.25, 0.3) is 0 Å². The van der Waals surface area contributed by atoms with Crippen molar-refractivity contribution in [2.75, 3.05) is 65.4 Å². The first-order valence-corrected chi connectivity index (χ1v) is 9.48. The largest absolute Gasteiger partial charge is 0.342 e. The normalized spacial score (nSPS) is 26.7. The molecular formula is C18H34N4O. The first kappa shape index (κ1) is 17.2. The average molecular weight is 322 g/mol. The minimum Gasteiger partial charge on any atom is -0.342 e. The summed E-state index contributed by atoms with van der Waals surface area (Å²) >= 11 is 0. The molecule has 0 N–H and O–H groups in total. The van der Waals surface area contributed by atoms with Crippen LogP contribution in [0.1, 0.15) is 33.6 Å². The van der Waals surface area contributed by atoms with E-state index in [1.165, 1.54) is 32.5 Å². The molecule has 0 unspecified atom stereocenters. The van der Waals surface area contributed by atoms with Crippen molar-refractivity contribution in [1.29, 1.82) is 0 Å². The van der Waals surface area contributed by atoms with Crippen molar-refractivity contribution in [3.8, 4) is 0 Å². The maximum absolute atomic E-state index is 12.6. The van der Waals surface area contributed by atoms with Gasteiger partial charge in [0.05, 0.1) is 6.54 Å². The quantitative estimate of drug-likeness (QED) is 0.771. The number of rotatable bonds is 4. The van der Waals surface area contributed by atoms with Gasteiger partial charge in [-0.15, -0.1) is 0 Å². The van der Waals surface area contributed by atoms with Crippen molar-refractivity contribution in [3.05, 3.63) is 0 Å². The summed E-state index contributed by atoms with van der Waals surface area (Å²) in [6.07, 6.45) is 2.41. The number of amides is 1. The fraction of sp³-hybridized carbons (Fsp3) is 0.944. The summed E-state index contributed by atoms with van der Waals surface area (Å²) in [5.74, 6) is 0.351. The lowest BCUT2D eigenvalue weighted by Gasteiger charge is -2.54. The fourth-order valence-corrected chi connectivity index (χ4v) is 4.40. The van der Waals surface area contributed by atoms with E-state index in [4.69, 9.17) is 0 Å². The molecule has 0 radical (unpaired) electrons. The van der Waals surface area contributed by atoms with E-state index < -0.39 is 0 Å². The molecule has 0 atom stereocenters. The predicted molar refractivity (Wildman–Crippen MR) is 93.5 cm³/mol. The van der Waals surface area contributed by atoms with Crippen LogP contribution in [0.2, 0.25) is 0 Å². The summed E-state index contributed by atoms with van der Waals surface area (Å²) in [7, 11) is 0.